The number of carbonyl (C=O) groups is 1. The van der Waals surface area contributed by atoms with Crippen molar-refractivity contribution in [3.63, 3.8) is 0 Å². The molecule has 3 unspecified atom stereocenters. The van der Waals surface area contributed by atoms with Crippen LogP contribution in [0.25, 0.3) is 0 Å². The number of rotatable bonds is 6. The highest BCUT2D eigenvalue weighted by molar-refractivity contribution is 5.81. The molecule has 0 radical (unpaired) electrons. The van der Waals surface area contributed by atoms with E-state index in [1.54, 1.807) is 0 Å². The summed E-state index contributed by atoms with van der Waals surface area (Å²) in [5.41, 5.74) is 5.49. The maximum Gasteiger partial charge on any atom is 0.249 e. The lowest BCUT2D eigenvalue weighted by atomic mass is 10.2. The lowest BCUT2D eigenvalue weighted by molar-refractivity contribution is -0.132. The molecule has 94 valence electrons. The van der Waals surface area contributed by atoms with Gasteiger partial charge in [0.25, 0.3) is 0 Å². The Balaban J connectivity index is 2.24. The van der Waals surface area contributed by atoms with E-state index in [1.165, 1.54) is 0 Å². The van der Waals surface area contributed by atoms with Crippen LogP contribution in [0.1, 0.15) is 26.7 Å². The third-order valence-electron chi connectivity index (χ3n) is 2.62. The Kier molecular flexibility index (Phi) is 5.73. The number of nitrogens with two attached hydrogens (primary N) is 1. The number of hydrogen-bond donors (Lipinski definition) is 2. The summed E-state index contributed by atoms with van der Waals surface area (Å²) in [6, 6.07) is 0.0213. The molecule has 3 N–H and O–H groups in total. The van der Waals surface area contributed by atoms with Crippen molar-refractivity contribution in [2.45, 2.75) is 44.9 Å². The largest absolute Gasteiger partial charge is 0.380 e. The van der Waals surface area contributed by atoms with Crippen LogP contribution >= 0.6 is 0 Å². The highest BCUT2D eigenvalue weighted by Gasteiger charge is 2.30. The molecular weight excluding hydrogens is 208 g/mol. The zero-order valence-electron chi connectivity index (χ0n) is 10.1. The Hall–Kier alpha value is -0.650. The maximum atomic E-state index is 11.7. The molecule has 0 aromatic carbocycles. The van der Waals surface area contributed by atoms with Crippen molar-refractivity contribution in [3.05, 3.63) is 0 Å². The molecule has 1 heterocycles. The van der Waals surface area contributed by atoms with Gasteiger partial charge in [-0.3, -0.25) is 4.79 Å². The van der Waals surface area contributed by atoms with E-state index in [-0.39, 0.29) is 24.2 Å². The summed E-state index contributed by atoms with van der Waals surface area (Å²) in [5, 5.41) is 2.87. The maximum absolute atomic E-state index is 11.7. The molecule has 1 aliphatic heterocycles. The first-order chi connectivity index (χ1) is 7.67. The third-order valence-corrected chi connectivity index (χ3v) is 2.62. The van der Waals surface area contributed by atoms with Crippen molar-refractivity contribution in [1.29, 1.82) is 0 Å². The molecule has 3 atom stereocenters. The quantitative estimate of drug-likeness (QED) is 0.675. The van der Waals surface area contributed by atoms with Crippen molar-refractivity contribution >= 4 is 5.91 Å². The summed E-state index contributed by atoms with van der Waals surface area (Å²) in [6.07, 6.45) is 1.33. The van der Waals surface area contributed by atoms with E-state index >= 15 is 0 Å². The van der Waals surface area contributed by atoms with Gasteiger partial charge < -0.3 is 20.5 Å². The fourth-order valence-electron chi connectivity index (χ4n) is 1.74. The van der Waals surface area contributed by atoms with Gasteiger partial charge in [-0.1, -0.05) is 0 Å². The average molecular weight is 230 g/mol. The van der Waals surface area contributed by atoms with E-state index in [9.17, 15) is 4.79 Å². The van der Waals surface area contributed by atoms with Crippen molar-refractivity contribution in [2.75, 3.05) is 19.8 Å². The summed E-state index contributed by atoms with van der Waals surface area (Å²) in [5.74, 6) is -0.0526. The van der Waals surface area contributed by atoms with Gasteiger partial charge in [-0.2, -0.15) is 0 Å². The molecule has 5 heteroatoms. The molecule has 1 amide bonds. The Bertz CT molecular complexity index is 223. The van der Waals surface area contributed by atoms with Gasteiger partial charge in [-0.05, 0) is 26.7 Å². The van der Waals surface area contributed by atoms with Gasteiger partial charge in [0.1, 0.15) is 6.10 Å². The van der Waals surface area contributed by atoms with Crippen LogP contribution in [0, 0.1) is 0 Å². The Morgan fingerprint density at radius 1 is 1.62 bits per heavy atom. The first-order valence-electron chi connectivity index (χ1n) is 5.91. The second kappa shape index (κ2) is 6.83. The van der Waals surface area contributed by atoms with Crippen LogP contribution in [0.4, 0.5) is 0 Å². The fraction of sp³-hybridized carbons (Fsp3) is 0.909. The molecule has 1 fully saturated rings. The number of hydrogen-bond acceptors (Lipinski definition) is 4. The zero-order chi connectivity index (χ0) is 12.0. The third kappa shape index (κ3) is 4.08. The Labute approximate surface area is 96.7 Å². The Morgan fingerprint density at radius 2 is 2.38 bits per heavy atom. The first kappa shape index (κ1) is 13.4. The van der Waals surface area contributed by atoms with Crippen LogP contribution in [0.3, 0.4) is 0 Å². The minimum absolute atomic E-state index is 0.0213. The summed E-state index contributed by atoms with van der Waals surface area (Å²) >= 11 is 0. The average Bonchev–Trinajstić information content (AvgIpc) is 2.74. The number of nitrogens with one attached hydrogen (secondary N) is 1. The summed E-state index contributed by atoms with van der Waals surface area (Å²) < 4.78 is 10.7. The summed E-state index contributed by atoms with van der Waals surface area (Å²) in [6.45, 7) is 5.53. The Morgan fingerprint density at radius 3 is 2.94 bits per heavy atom. The predicted octanol–water partition coefficient (Wildman–Crippen LogP) is 0.0339. The monoisotopic (exact) mass is 230 g/mol. The molecule has 0 aromatic heterocycles. The number of amides is 1. The fourth-order valence-corrected chi connectivity index (χ4v) is 1.74. The van der Waals surface area contributed by atoms with Crippen molar-refractivity contribution in [3.8, 4) is 0 Å². The minimum Gasteiger partial charge on any atom is -0.380 e. The lowest BCUT2D eigenvalue weighted by Gasteiger charge is -2.17. The van der Waals surface area contributed by atoms with Gasteiger partial charge in [0.05, 0.1) is 12.7 Å². The normalized spacial score (nSPS) is 26.7. The second-order valence-electron chi connectivity index (χ2n) is 4.13. The highest BCUT2D eigenvalue weighted by Crippen LogP contribution is 2.18. The first-order valence-corrected chi connectivity index (χ1v) is 5.91. The molecule has 1 aliphatic rings. The van der Waals surface area contributed by atoms with Gasteiger partial charge >= 0.3 is 0 Å². The van der Waals surface area contributed by atoms with Crippen LogP contribution in [0.5, 0.6) is 0 Å². The molecule has 1 rings (SSSR count). The van der Waals surface area contributed by atoms with E-state index < -0.39 is 0 Å². The van der Waals surface area contributed by atoms with Crippen LogP contribution in [0.15, 0.2) is 0 Å². The number of carbonyl (C=O) groups excluding carboxylic acids is 1. The van der Waals surface area contributed by atoms with Crippen LogP contribution in [-0.4, -0.2) is 43.9 Å². The topological polar surface area (TPSA) is 73.6 Å². The van der Waals surface area contributed by atoms with E-state index in [2.05, 4.69) is 5.32 Å². The predicted molar refractivity (Wildman–Crippen MR) is 61.0 cm³/mol. The van der Waals surface area contributed by atoms with E-state index in [1.807, 2.05) is 13.8 Å². The lowest BCUT2D eigenvalue weighted by Crippen LogP contribution is -2.42. The smallest absolute Gasteiger partial charge is 0.249 e. The van der Waals surface area contributed by atoms with Crippen molar-refractivity contribution in [1.82, 2.24) is 5.32 Å². The van der Waals surface area contributed by atoms with Gasteiger partial charge in [0, 0.05) is 19.2 Å². The van der Waals surface area contributed by atoms with Crippen LogP contribution in [0.2, 0.25) is 0 Å². The molecule has 0 saturated carbocycles. The van der Waals surface area contributed by atoms with Crippen molar-refractivity contribution < 1.29 is 14.3 Å². The zero-order valence-corrected chi connectivity index (χ0v) is 10.1. The van der Waals surface area contributed by atoms with E-state index in [4.69, 9.17) is 15.2 Å². The standard InChI is InChI=1S/C11H22N2O3/c1-3-15-7-8(2)13-11(14)10-5-4-9(6-12)16-10/h8-10H,3-7,12H2,1-2H3,(H,13,14). The minimum atomic E-state index is -0.336. The molecule has 16 heavy (non-hydrogen) atoms. The van der Waals surface area contributed by atoms with E-state index in [0.29, 0.717) is 19.8 Å². The van der Waals surface area contributed by atoms with Gasteiger partial charge in [-0.15, -0.1) is 0 Å². The van der Waals surface area contributed by atoms with Gasteiger partial charge in [-0.25, -0.2) is 0 Å². The molecule has 1 saturated heterocycles. The van der Waals surface area contributed by atoms with E-state index in [0.717, 1.165) is 12.8 Å². The van der Waals surface area contributed by atoms with Gasteiger partial charge in [0.15, 0.2) is 0 Å². The number of ether oxygens (including phenoxy) is 2. The molecule has 0 aliphatic carbocycles. The van der Waals surface area contributed by atoms with Gasteiger partial charge in [0.2, 0.25) is 5.91 Å². The van der Waals surface area contributed by atoms with Crippen LogP contribution < -0.4 is 11.1 Å². The molecular formula is C11H22N2O3. The van der Waals surface area contributed by atoms with Crippen LogP contribution in [-0.2, 0) is 14.3 Å². The van der Waals surface area contributed by atoms with Crippen molar-refractivity contribution in [2.24, 2.45) is 5.73 Å². The molecule has 0 aromatic rings. The molecule has 5 nitrogen and oxygen atoms in total. The SMILES string of the molecule is CCOCC(C)NC(=O)C1CCC(CN)O1. The summed E-state index contributed by atoms with van der Waals surface area (Å²) in [4.78, 5) is 11.7. The summed E-state index contributed by atoms with van der Waals surface area (Å²) in [7, 11) is 0. The molecule has 0 bridgehead atoms. The highest BCUT2D eigenvalue weighted by atomic mass is 16.5. The second-order valence-corrected chi connectivity index (χ2v) is 4.13. The molecule has 0 spiro atoms.